The van der Waals surface area contributed by atoms with Crippen molar-refractivity contribution in [2.45, 2.75) is 49.8 Å². The van der Waals surface area contributed by atoms with Crippen molar-refractivity contribution in [3.05, 3.63) is 12.2 Å². The number of hydrogen-bond donors (Lipinski definition) is 0. The molecule has 0 amide bonds. The monoisotopic (exact) mass is 300 g/mol. The lowest BCUT2D eigenvalue weighted by atomic mass is 9.82. The number of methoxy groups -OCH3 is 2. The van der Waals surface area contributed by atoms with E-state index in [1.54, 1.807) is 13.8 Å². The van der Waals surface area contributed by atoms with Gasteiger partial charge in [-0.25, -0.2) is 0 Å². The third kappa shape index (κ3) is 1.93. The molecule has 6 atom stereocenters. The molecule has 2 bridgehead atoms. The Labute approximate surface area is 123 Å². The van der Waals surface area contributed by atoms with Crippen molar-refractivity contribution in [2.75, 3.05) is 21.0 Å². The van der Waals surface area contributed by atoms with Gasteiger partial charge in [0.1, 0.15) is 25.1 Å². The smallest absolute Gasteiger partial charge is 0.221 e. The number of carbonyl (C=O) groups excluding carboxylic acids is 1. The molecule has 118 valence electrons. The maximum absolute atomic E-state index is 12.5. The molecule has 3 rings (SSSR count). The molecule has 1 aliphatic carbocycles. The summed E-state index contributed by atoms with van der Waals surface area (Å²) < 4.78 is 33.6. The fraction of sp³-hybridized carbons (Fsp3) is 0.786. The highest BCUT2D eigenvalue weighted by Crippen LogP contribution is 2.45. The van der Waals surface area contributed by atoms with Crippen LogP contribution in [0.15, 0.2) is 12.2 Å². The van der Waals surface area contributed by atoms with E-state index in [4.69, 9.17) is 28.4 Å². The molecule has 2 aliphatic heterocycles. The van der Waals surface area contributed by atoms with Gasteiger partial charge in [-0.15, -0.1) is 0 Å². The van der Waals surface area contributed by atoms with Crippen molar-refractivity contribution in [3.8, 4) is 0 Å². The van der Waals surface area contributed by atoms with Gasteiger partial charge in [0, 0.05) is 14.2 Å². The summed E-state index contributed by atoms with van der Waals surface area (Å²) in [6.45, 7) is 7.28. The van der Waals surface area contributed by atoms with Crippen LogP contribution >= 0.6 is 0 Å². The molecule has 0 aromatic heterocycles. The largest absolute Gasteiger partial charge is 0.349 e. The van der Waals surface area contributed by atoms with Gasteiger partial charge in [-0.1, -0.05) is 6.58 Å². The zero-order valence-electron chi connectivity index (χ0n) is 12.6. The minimum absolute atomic E-state index is 0.0257. The summed E-state index contributed by atoms with van der Waals surface area (Å²) >= 11 is 0. The molecule has 0 radical (unpaired) electrons. The van der Waals surface area contributed by atoms with Gasteiger partial charge < -0.3 is 28.4 Å². The molecule has 0 N–H and O–H groups in total. The minimum atomic E-state index is -1.23. The number of fused-ring (bicyclic) bond motifs is 4. The van der Waals surface area contributed by atoms with Gasteiger partial charge in [-0.05, 0) is 19.4 Å². The molecular formula is C14H20O7. The Kier molecular flexibility index (Phi) is 3.47. The lowest BCUT2D eigenvalue weighted by Crippen LogP contribution is -2.72. The second-order valence-electron chi connectivity index (χ2n) is 5.65. The Hall–Kier alpha value is -0.830. The van der Waals surface area contributed by atoms with E-state index < -0.39 is 36.0 Å². The Morgan fingerprint density at radius 1 is 1.10 bits per heavy atom. The predicted octanol–water partition coefficient (Wildman–Crippen LogP) is 0.376. The van der Waals surface area contributed by atoms with Crippen LogP contribution in [0.2, 0.25) is 0 Å². The van der Waals surface area contributed by atoms with Crippen LogP contribution in [0.5, 0.6) is 0 Å². The van der Waals surface area contributed by atoms with Crippen LogP contribution in [0.4, 0.5) is 0 Å². The van der Waals surface area contributed by atoms with Gasteiger partial charge in [-0.2, -0.15) is 0 Å². The van der Waals surface area contributed by atoms with E-state index in [0.717, 1.165) is 0 Å². The highest BCUT2D eigenvalue weighted by molar-refractivity contribution is 5.92. The molecule has 0 unspecified atom stereocenters. The Balaban J connectivity index is 1.99. The highest BCUT2D eigenvalue weighted by Gasteiger charge is 2.63. The number of carbonyl (C=O) groups is 1. The van der Waals surface area contributed by atoms with E-state index in [1.807, 2.05) is 0 Å². The number of ketones is 1. The fourth-order valence-electron chi connectivity index (χ4n) is 3.02. The highest BCUT2D eigenvalue weighted by atomic mass is 16.8. The van der Waals surface area contributed by atoms with Crippen molar-refractivity contribution < 1.29 is 33.2 Å². The van der Waals surface area contributed by atoms with Gasteiger partial charge in [0.15, 0.2) is 11.9 Å². The molecule has 21 heavy (non-hydrogen) atoms. The van der Waals surface area contributed by atoms with Crippen LogP contribution < -0.4 is 0 Å². The molecule has 2 saturated heterocycles. The van der Waals surface area contributed by atoms with Crippen molar-refractivity contribution in [3.63, 3.8) is 0 Å². The number of Topliss-reactive ketones (excluding diaryl/α,β-unsaturated/α-hetero) is 1. The van der Waals surface area contributed by atoms with Crippen molar-refractivity contribution in [1.29, 1.82) is 0 Å². The Morgan fingerprint density at radius 2 is 1.71 bits per heavy atom. The molecule has 7 heteroatoms. The number of rotatable bonds is 2. The normalized spacial score (nSPS) is 49.9. The first kappa shape index (κ1) is 15.1. The first-order valence-electron chi connectivity index (χ1n) is 6.78. The average Bonchev–Trinajstić information content (AvgIpc) is 2.48. The minimum Gasteiger partial charge on any atom is -0.349 e. The maximum atomic E-state index is 12.5. The van der Waals surface area contributed by atoms with Gasteiger partial charge >= 0.3 is 0 Å². The van der Waals surface area contributed by atoms with Crippen molar-refractivity contribution in [1.82, 2.24) is 0 Å². The zero-order chi connectivity index (χ0) is 15.4. The molecule has 0 spiro atoms. The van der Waals surface area contributed by atoms with Gasteiger partial charge in [0.2, 0.25) is 11.6 Å². The first-order chi connectivity index (χ1) is 9.87. The molecular weight excluding hydrogens is 280 g/mol. The average molecular weight is 300 g/mol. The summed E-state index contributed by atoms with van der Waals surface area (Å²) in [7, 11) is 2.97. The van der Waals surface area contributed by atoms with E-state index in [1.165, 1.54) is 14.2 Å². The van der Waals surface area contributed by atoms with E-state index in [-0.39, 0.29) is 12.6 Å². The van der Waals surface area contributed by atoms with E-state index in [9.17, 15) is 4.79 Å². The summed E-state index contributed by atoms with van der Waals surface area (Å²) in [4.78, 5) is 12.5. The van der Waals surface area contributed by atoms with Crippen LogP contribution in [0.1, 0.15) is 13.8 Å². The topological polar surface area (TPSA) is 72.5 Å². The molecule has 3 aliphatic rings. The van der Waals surface area contributed by atoms with Crippen LogP contribution in [-0.4, -0.2) is 62.8 Å². The van der Waals surface area contributed by atoms with E-state index in [0.29, 0.717) is 5.57 Å². The summed E-state index contributed by atoms with van der Waals surface area (Å²) in [5, 5.41) is 0. The van der Waals surface area contributed by atoms with Crippen LogP contribution in [0.25, 0.3) is 0 Å². The van der Waals surface area contributed by atoms with E-state index >= 15 is 0 Å². The molecule has 1 saturated carbocycles. The number of hydrogen-bond acceptors (Lipinski definition) is 7. The van der Waals surface area contributed by atoms with Gasteiger partial charge in [-0.3, -0.25) is 4.79 Å². The first-order valence-corrected chi connectivity index (χ1v) is 6.78. The third-order valence-electron chi connectivity index (χ3n) is 4.64. The Morgan fingerprint density at radius 3 is 2.33 bits per heavy atom. The SMILES string of the molecule is C=C1[C@@H]2OCO[C@H]1[C@H]1O[C@](C)(OC)[C@@](C)(OC)O[C@@H]1C2=O. The van der Waals surface area contributed by atoms with Crippen LogP contribution in [-0.2, 0) is 33.2 Å². The van der Waals surface area contributed by atoms with E-state index in [2.05, 4.69) is 6.58 Å². The molecule has 7 nitrogen and oxygen atoms in total. The summed E-state index contributed by atoms with van der Waals surface area (Å²) in [5.41, 5.74) is 0.551. The molecule has 0 aromatic carbocycles. The maximum Gasteiger partial charge on any atom is 0.221 e. The quantitative estimate of drug-likeness (QED) is 0.682. The third-order valence-corrected chi connectivity index (χ3v) is 4.64. The summed E-state index contributed by atoms with van der Waals surface area (Å²) in [6.07, 6.45) is -2.68. The standard InChI is InChI=1S/C14H20O7/c1-7-9-8(15)11-12(10(7)19-6-18-9)21-14(3,17-5)13(2,16-4)20-11/h9-12H,1,6H2,2-5H3/t9-,10+,11+,12+,13-,14-/m0/s1. The fourth-order valence-corrected chi connectivity index (χ4v) is 3.02. The van der Waals surface area contributed by atoms with Gasteiger partial charge in [0.25, 0.3) is 0 Å². The van der Waals surface area contributed by atoms with Gasteiger partial charge in [0.05, 0.1) is 0 Å². The predicted molar refractivity (Wildman–Crippen MR) is 69.3 cm³/mol. The lowest BCUT2D eigenvalue weighted by molar-refractivity contribution is -0.452. The number of ether oxygens (including phenoxy) is 6. The van der Waals surface area contributed by atoms with Crippen molar-refractivity contribution >= 4 is 5.78 Å². The van der Waals surface area contributed by atoms with Crippen LogP contribution in [0.3, 0.4) is 0 Å². The van der Waals surface area contributed by atoms with Crippen LogP contribution in [0, 0.1) is 0 Å². The zero-order valence-corrected chi connectivity index (χ0v) is 12.6. The summed E-state index contributed by atoms with van der Waals surface area (Å²) in [6, 6.07) is 0. The van der Waals surface area contributed by atoms with Crippen molar-refractivity contribution in [2.24, 2.45) is 0 Å². The summed E-state index contributed by atoms with van der Waals surface area (Å²) in [5.74, 6) is -2.64. The second-order valence-corrected chi connectivity index (χ2v) is 5.65. The molecule has 3 fully saturated rings. The lowest BCUT2D eigenvalue weighted by Gasteiger charge is -2.56. The molecule has 0 aromatic rings. The molecule has 2 heterocycles. The Bertz CT molecular complexity index is 478. The second kappa shape index (κ2) is 4.84.